The van der Waals surface area contributed by atoms with Gasteiger partial charge in [0.15, 0.2) is 5.82 Å². The van der Waals surface area contributed by atoms with E-state index in [2.05, 4.69) is 27.2 Å². The van der Waals surface area contributed by atoms with Crippen molar-refractivity contribution in [3.8, 4) is 11.4 Å². The van der Waals surface area contributed by atoms with E-state index >= 15 is 0 Å². The van der Waals surface area contributed by atoms with Crippen LogP contribution in [0.15, 0.2) is 30.6 Å². The second kappa shape index (κ2) is 6.83. The van der Waals surface area contributed by atoms with Gasteiger partial charge in [-0.1, -0.05) is 19.8 Å². The predicted molar refractivity (Wildman–Crippen MR) is 86.5 cm³/mol. The molecule has 1 aliphatic rings. The summed E-state index contributed by atoms with van der Waals surface area (Å²) in [6.45, 7) is 2.08. The topological polar surface area (TPSA) is 70.9 Å². The molecule has 2 unspecified atom stereocenters. The summed E-state index contributed by atoms with van der Waals surface area (Å²) in [6.07, 6.45) is 8.15. The number of aliphatic hydroxyl groups is 1. The Labute approximate surface area is 130 Å². The number of pyridine rings is 1. The monoisotopic (exact) mass is 298 g/mol. The maximum atomic E-state index is 10.1. The van der Waals surface area contributed by atoms with E-state index in [0.717, 1.165) is 49.2 Å². The van der Waals surface area contributed by atoms with E-state index in [-0.39, 0.29) is 12.1 Å². The van der Waals surface area contributed by atoms with E-state index in [1.807, 2.05) is 18.2 Å². The molecule has 5 heteroatoms. The first-order valence-electron chi connectivity index (χ1n) is 7.99. The first kappa shape index (κ1) is 14.9. The summed E-state index contributed by atoms with van der Waals surface area (Å²) >= 11 is 0. The first-order chi connectivity index (χ1) is 10.8. The number of nitrogens with one attached hydrogen (secondary N) is 1. The van der Waals surface area contributed by atoms with Gasteiger partial charge in [-0.25, -0.2) is 9.97 Å². The standard InChI is InChI=1S/C17H22N4O/c1-2-13-11-16(20-14-5-3-4-6-15(14)22)21-17(19-13)12-7-9-18-10-8-12/h7-11,14-15,22H,2-6H2,1H3,(H,19,20,21). The Morgan fingerprint density at radius 2 is 1.95 bits per heavy atom. The lowest BCUT2D eigenvalue weighted by Crippen LogP contribution is -2.36. The minimum absolute atomic E-state index is 0.0821. The van der Waals surface area contributed by atoms with Gasteiger partial charge >= 0.3 is 0 Å². The Morgan fingerprint density at radius 3 is 2.68 bits per heavy atom. The van der Waals surface area contributed by atoms with Crippen LogP contribution in [0, 0.1) is 0 Å². The van der Waals surface area contributed by atoms with E-state index < -0.39 is 0 Å². The Morgan fingerprint density at radius 1 is 1.18 bits per heavy atom. The zero-order valence-electron chi connectivity index (χ0n) is 12.9. The smallest absolute Gasteiger partial charge is 0.161 e. The Balaban J connectivity index is 1.87. The Hall–Kier alpha value is -2.01. The fourth-order valence-corrected chi connectivity index (χ4v) is 2.85. The van der Waals surface area contributed by atoms with Crippen LogP contribution in [0.3, 0.4) is 0 Å². The van der Waals surface area contributed by atoms with Crippen molar-refractivity contribution in [1.29, 1.82) is 0 Å². The number of hydrogen-bond donors (Lipinski definition) is 2. The molecule has 22 heavy (non-hydrogen) atoms. The largest absolute Gasteiger partial charge is 0.391 e. The van der Waals surface area contributed by atoms with Gasteiger partial charge in [-0.3, -0.25) is 4.98 Å². The van der Waals surface area contributed by atoms with Gasteiger partial charge in [-0.15, -0.1) is 0 Å². The van der Waals surface area contributed by atoms with Crippen LogP contribution in [0.25, 0.3) is 11.4 Å². The molecule has 116 valence electrons. The highest BCUT2D eigenvalue weighted by atomic mass is 16.3. The highest BCUT2D eigenvalue weighted by molar-refractivity contribution is 5.57. The van der Waals surface area contributed by atoms with Crippen LogP contribution in [-0.2, 0) is 6.42 Å². The van der Waals surface area contributed by atoms with Crippen molar-refractivity contribution in [2.24, 2.45) is 0 Å². The highest BCUT2D eigenvalue weighted by Crippen LogP contribution is 2.23. The molecule has 2 N–H and O–H groups in total. The maximum Gasteiger partial charge on any atom is 0.161 e. The number of anilines is 1. The van der Waals surface area contributed by atoms with Crippen molar-refractivity contribution in [3.05, 3.63) is 36.3 Å². The number of aromatic nitrogens is 3. The fraction of sp³-hybridized carbons (Fsp3) is 0.471. The van der Waals surface area contributed by atoms with Gasteiger partial charge in [0.05, 0.1) is 12.1 Å². The number of aryl methyl sites for hydroxylation is 1. The van der Waals surface area contributed by atoms with Crippen molar-refractivity contribution < 1.29 is 5.11 Å². The molecule has 2 heterocycles. The Kier molecular flexibility index (Phi) is 4.63. The van der Waals surface area contributed by atoms with E-state index in [4.69, 9.17) is 0 Å². The number of nitrogens with zero attached hydrogens (tertiary/aromatic N) is 3. The van der Waals surface area contributed by atoms with Crippen LogP contribution in [0.4, 0.5) is 5.82 Å². The summed E-state index contributed by atoms with van der Waals surface area (Å²) < 4.78 is 0. The average Bonchev–Trinajstić information content (AvgIpc) is 2.57. The molecule has 5 nitrogen and oxygen atoms in total. The molecule has 2 aromatic rings. The van der Waals surface area contributed by atoms with Gasteiger partial charge in [0.25, 0.3) is 0 Å². The molecule has 0 aromatic carbocycles. The van der Waals surface area contributed by atoms with E-state index in [1.54, 1.807) is 12.4 Å². The zero-order chi connectivity index (χ0) is 15.4. The SMILES string of the molecule is CCc1cc(NC2CCCCC2O)nc(-c2ccncc2)n1. The average molecular weight is 298 g/mol. The molecular weight excluding hydrogens is 276 g/mol. The summed E-state index contributed by atoms with van der Waals surface area (Å²) in [5, 5.41) is 13.5. The molecule has 0 radical (unpaired) electrons. The van der Waals surface area contributed by atoms with Crippen molar-refractivity contribution >= 4 is 5.82 Å². The lowest BCUT2D eigenvalue weighted by molar-refractivity contribution is 0.116. The van der Waals surface area contributed by atoms with Gasteiger partial charge in [-0.05, 0) is 31.4 Å². The van der Waals surface area contributed by atoms with E-state index in [0.29, 0.717) is 5.82 Å². The molecule has 0 amide bonds. The van der Waals surface area contributed by atoms with Crippen LogP contribution < -0.4 is 5.32 Å². The van der Waals surface area contributed by atoms with Gasteiger partial charge in [0, 0.05) is 29.7 Å². The highest BCUT2D eigenvalue weighted by Gasteiger charge is 2.23. The van der Waals surface area contributed by atoms with Gasteiger partial charge in [0.1, 0.15) is 5.82 Å². The minimum atomic E-state index is -0.293. The summed E-state index contributed by atoms with van der Waals surface area (Å²) in [5.74, 6) is 1.50. The van der Waals surface area contributed by atoms with Gasteiger partial charge in [0.2, 0.25) is 0 Å². The summed E-state index contributed by atoms with van der Waals surface area (Å²) in [4.78, 5) is 13.2. The third-order valence-corrected chi connectivity index (χ3v) is 4.14. The van der Waals surface area contributed by atoms with Crippen molar-refractivity contribution in [2.45, 2.75) is 51.2 Å². The Bertz CT molecular complexity index is 617. The third kappa shape index (κ3) is 3.42. The number of aliphatic hydroxyl groups excluding tert-OH is 1. The molecule has 1 fully saturated rings. The summed E-state index contributed by atoms with van der Waals surface area (Å²) in [5.41, 5.74) is 1.95. The van der Waals surface area contributed by atoms with Crippen LogP contribution in [0.2, 0.25) is 0 Å². The van der Waals surface area contributed by atoms with Crippen LogP contribution in [0.1, 0.15) is 38.3 Å². The lowest BCUT2D eigenvalue weighted by Gasteiger charge is -2.28. The molecule has 0 bridgehead atoms. The minimum Gasteiger partial charge on any atom is -0.391 e. The normalized spacial score (nSPS) is 21.5. The molecule has 2 aromatic heterocycles. The molecule has 0 saturated heterocycles. The van der Waals surface area contributed by atoms with E-state index in [9.17, 15) is 5.11 Å². The fourth-order valence-electron chi connectivity index (χ4n) is 2.85. The zero-order valence-corrected chi connectivity index (χ0v) is 12.9. The molecule has 1 saturated carbocycles. The number of rotatable bonds is 4. The first-order valence-corrected chi connectivity index (χ1v) is 7.99. The van der Waals surface area contributed by atoms with Crippen LogP contribution in [0.5, 0.6) is 0 Å². The molecule has 2 atom stereocenters. The summed E-state index contributed by atoms with van der Waals surface area (Å²) in [6, 6.07) is 5.88. The number of hydrogen-bond acceptors (Lipinski definition) is 5. The maximum absolute atomic E-state index is 10.1. The second-order valence-corrected chi connectivity index (χ2v) is 5.76. The molecule has 0 spiro atoms. The third-order valence-electron chi connectivity index (χ3n) is 4.14. The van der Waals surface area contributed by atoms with Gasteiger partial charge < -0.3 is 10.4 Å². The molecule has 3 rings (SSSR count). The van der Waals surface area contributed by atoms with Crippen LogP contribution >= 0.6 is 0 Å². The lowest BCUT2D eigenvalue weighted by atomic mass is 9.92. The molecular formula is C17H22N4O. The van der Waals surface area contributed by atoms with Gasteiger partial charge in [-0.2, -0.15) is 0 Å². The predicted octanol–water partition coefficient (Wildman–Crippen LogP) is 2.82. The van der Waals surface area contributed by atoms with Crippen LogP contribution in [-0.4, -0.2) is 32.2 Å². The van der Waals surface area contributed by atoms with Crippen molar-refractivity contribution in [2.75, 3.05) is 5.32 Å². The van der Waals surface area contributed by atoms with Crippen molar-refractivity contribution in [3.63, 3.8) is 0 Å². The van der Waals surface area contributed by atoms with E-state index in [1.165, 1.54) is 0 Å². The van der Waals surface area contributed by atoms with Crippen molar-refractivity contribution in [1.82, 2.24) is 15.0 Å². The molecule has 1 aliphatic carbocycles. The second-order valence-electron chi connectivity index (χ2n) is 5.76. The molecule has 0 aliphatic heterocycles. The quantitative estimate of drug-likeness (QED) is 0.908. The summed E-state index contributed by atoms with van der Waals surface area (Å²) in [7, 11) is 0.